The Morgan fingerprint density at radius 2 is 1.86 bits per heavy atom. The zero-order chi connectivity index (χ0) is 21.2. The van der Waals surface area contributed by atoms with Crippen LogP contribution in [0.25, 0.3) is 0 Å². The second-order valence-electron chi connectivity index (χ2n) is 11.3. The molecule has 0 radical (unpaired) electrons. The van der Waals surface area contributed by atoms with Gasteiger partial charge in [-0.2, -0.15) is 5.01 Å². The Bertz CT molecular complexity index is 757. The molecule has 3 aliphatic carbocycles. The number of carbonyl (C=O) groups is 2. The summed E-state index contributed by atoms with van der Waals surface area (Å²) in [6.45, 7) is 10.2. The molecule has 160 valence electrons. The maximum Gasteiger partial charge on any atom is 0.249 e. The number of rotatable bonds is 2. The lowest BCUT2D eigenvalue weighted by Gasteiger charge is -2.58. The third kappa shape index (κ3) is 2.97. The van der Waals surface area contributed by atoms with Gasteiger partial charge in [0.15, 0.2) is 0 Å². The van der Waals surface area contributed by atoms with Crippen LogP contribution in [-0.2, 0) is 9.59 Å². The van der Waals surface area contributed by atoms with Gasteiger partial charge in [-0.15, -0.1) is 4.91 Å². The van der Waals surface area contributed by atoms with Gasteiger partial charge >= 0.3 is 0 Å². The number of nitrogens with zero attached hydrogens (tertiary/aromatic N) is 2. The van der Waals surface area contributed by atoms with E-state index in [1.54, 1.807) is 6.08 Å². The van der Waals surface area contributed by atoms with Crippen molar-refractivity contribution < 1.29 is 9.59 Å². The third-order valence-corrected chi connectivity index (χ3v) is 8.91. The first-order valence-electron chi connectivity index (χ1n) is 11.2. The minimum Gasteiger partial charge on any atom is -0.349 e. The SMILES string of the molecule is CC(C)(C)N(N=O)C(=O)[C@H]1CC[C@H]2[C@@H]3CC[C@H]4NC(=O)C=C[C@]4(C)[C@H]3CC[C@]12C. The molecule has 2 amide bonds. The Kier molecular flexibility index (Phi) is 4.71. The predicted molar refractivity (Wildman–Crippen MR) is 111 cm³/mol. The van der Waals surface area contributed by atoms with Gasteiger partial charge in [0.25, 0.3) is 0 Å². The Hall–Kier alpha value is -1.72. The van der Waals surface area contributed by atoms with Gasteiger partial charge < -0.3 is 5.32 Å². The molecule has 0 aromatic rings. The Morgan fingerprint density at radius 1 is 1.14 bits per heavy atom. The van der Waals surface area contributed by atoms with Crippen LogP contribution < -0.4 is 5.32 Å². The number of carbonyl (C=O) groups excluding carboxylic acids is 2. The summed E-state index contributed by atoms with van der Waals surface area (Å²) in [7, 11) is 0. The molecular weight excluding hydrogens is 366 g/mol. The first kappa shape index (κ1) is 20.5. The first-order valence-corrected chi connectivity index (χ1v) is 11.2. The van der Waals surface area contributed by atoms with Crippen molar-refractivity contribution in [1.29, 1.82) is 0 Å². The van der Waals surface area contributed by atoms with E-state index < -0.39 is 5.54 Å². The molecule has 6 heteroatoms. The van der Waals surface area contributed by atoms with E-state index in [1.165, 1.54) is 5.01 Å². The minimum absolute atomic E-state index is 0.00203. The maximum atomic E-state index is 13.3. The first-order chi connectivity index (χ1) is 13.5. The Morgan fingerprint density at radius 3 is 2.52 bits per heavy atom. The zero-order valence-corrected chi connectivity index (χ0v) is 18.4. The van der Waals surface area contributed by atoms with Gasteiger partial charge in [-0.3, -0.25) is 9.59 Å². The van der Waals surface area contributed by atoms with Crippen molar-refractivity contribution in [3.8, 4) is 0 Å². The standard InChI is InChI=1S/C23H35N3O3/c1-21(2,3)26(25-29)20(28)17-8-7-15-14-6-9-18-23(5,13-11-19(27)24-18)16(14)10-12-22(15,17)4/h11,13-18H,6-10,12H2,1-5H3,(H,24,27)/t14-,15-,16-,17+,18+,22-,23+/m0/s1. The summed E-state index contributed by atoms with van der Waals surface area (Å²) in [5, 5.41) is 7.48. The second kappa shape index (κ2) is 6.64. The van der Waals surface area contributed by atoms with E-state index >= 15 is 0 Å². The minimum atomic E-state index is -0.596. The van der Waals surface area contributed by atoms with Crippen LogP contribution in [0.15, 0.2) is 17.4 Å². The molecule has 0 saturated heterocycles. The molecule has 0 spiro atoms. The van der Waals surface area contributed by atoms with E-state index in [-0.39, 0.29) is 34.6 Å². The fourth-order valence-corrected chi connectivity index (χ4v) is 7.38. The molecule has 3 saturated carbocycles. The van der Waals surface area contributed by atoms with Gasteiger partial charge in [-0.1, -0.05) is 19.9 Å². The number of fused-ring (bicyclic) bond motifs is 5. The van der Waals surface area contributed by atoms with Gasteiger partial charge in [0.2, 0.25) is 11.8 Å². The molecule has 0 unspecified atom stereocenters. The van der Waals surface area contributed by atoms with Gasteiger partial charge in [-0.05, 0) is 88.5 Å². The van der Waals surface area contributed by atoms with Crippen LogP contribution >= 0.6 is 0 Å². The van der Waals surface area contributed by atoms with Crippen molar-refractivity contribution in [2.24, 2.45) is 39.8 Å². The van der Waals surface area contributed by atoms with Crippen molar-refractivity contribution in [1.82, 2.24) is 10.3 Å². The van der Waals surface area contributed by atoms with Crippen LogP contribution in [0.4, 0.5) is 0 Å². The fraction of sp³-hybridized carbons (Fsp3) is 0.826. The monoisotopic (exact) mass is 401 g/mol. The van der Waals surface area contributed by atoms with Crippen molar-refractivity contribution in [3.63, 3.8) is 0 Å². The third-order valence-electron chi connectivity index (χ3n) is 8.91. The molecule has 0 aromatic heterocycles. The second-order valence-corrected chi connectivity index (χ2v) is 11.3. The van der Waals surface area contributed by atoms with E-state index in [1.807, 2.05) is 20.8 Å². The van der Waals surface area contributed by atoms with Crippen LogP contribution in [-0.4, -0.2) is 28.4 Å². The van der Waals surface area contributed by atoms with E-state index in [4.69, 9.17) is 0 Å². The smallest absolute Gasteiger partial charge is 0.249 e. The quantitative estimate of drug-likeness (QED) is 0.556. The topological polar surface area (TPSA) is 78.8 Å². The maximum absolute atomic E-state index is 13.3. The molecule has 1 N–H and O–H groups in total. The van der Waals surface area contributed by atoms with Crippen molar-refractivity contribution in [3.05, 3.63) is 17.1 Å². The van der Waals surface area contributed by atoms with Crippen LogP contribution in [0.5, 0.6) is 0 Å². The Balaban J connectivity index is 1.61. The molecular formula is C23H35N3O3. The molecule has 1 heterocycles. The van der Waals surface area contributed by atoms with Crippen LogP contribution in [0, 0.1) is 39.4 Å². The number of hydrogen-bond donors (Lipinski definition) is 1. The molecule has 1 aliphatic heterocycles. The number of amides is 2. The predicted octanol–water partition coefficient (Wildman–Crippen LogP) is 4.21. The van der Waals surface area contributed by atoms with Crippen molar-refractivity contribution in [2.75, 3.05) is 0 Å². The summed E-state index contributed by atoms with van der Waals surface area (Å²) in [5.74, 6) is 1.40. The van der Waals surface area contributed by atoms with Gasteiger partial charge in [0, 0.05) is 17.4 Å². The van der Waals surface area contributed by atoms with E-state index in [0.29, 0.717) is 17.8 Å². The van der Waals surface area contributed by atoms with E-state index in [9.17, 15) is 14.5 Å². The highest BCUT2D eigenvalue weighted by atomic mass is 16.3. The fourth-order valence-electron chi connectivity index (χ4n) is 7.38. The summed E-state index contributed by atoms with van der Waals surface area (Å²) in [5.41, 5.74) is -0.666. The summed E-state index contributed by atoms with van der Waals surface area (Å²) < 4.78 is 0. The van der Waals surface area contributed by atoms with Crippen LogP contribution in [0.1, 0.15) is 73.1 Å². The zero-order valence-electron chi connectivity index (χ0n) is 18.4. The van der Waals surface area contributed by atoms with Gasteiger partial charge in [-0.25, -0.2) is 0 Å². The summed E-state index contributed by atoms with van der Waals surface area (Å²) in [6, 6.07) is 0.222. The highest BCUT2D eigenvalue weighted by Gasteiger charge is 2.61. The van der Waals surface area contributed by atoms with Gasteiger partial charge in [0.1, 0.15) is 0 Å². The normalized spacial score (nSPS) is 43.6. The summed E-state index contributed by atoms with van der Waals surface area (Å²) in [6.07, 6.45) is 9.93. The number of hydrogen-bond acceptors (Lipinski definition) is 4. The number of nitrogens with one attached hydrogen (secondary N) is 1. The molecule has 0 aromatic carbocycles. The highest BCUT2D eigenvalue weighted by Crippen LogP contribution is 2.65. The molecule has 29 heavy (non-hydrogen) atoms. The molecule has 4 aliphatic rings. The molecule has 0 bridgehead atoms. The average Bonchev–Trinajstić information content (AvgIpc) is 2.99. The van der Waals surface area contributed by atoms with Gasteiger partial charge in [0.05, 0.1) is 10.8 Å². The Labute approximate surface area is 173 Å². The lowest BCUT2D eigenvalue weighted by atomic mass is 9.48. The molecule has 7 atom stereocenters. The summed E-state index contributed by atoms with van der Waals surface area (Å²) >= 11 is 0. The highest BCUT2D eigenvalue weighted by molar-refractivity contribution is 5.89. The van der Waals surface area contributed by atoms with Crippen molar-refractivity contribution in [2.45, 2.75) is 84.7 Å². The van der Waals surface area contributed by atoms with E-state index in [0.717, 1.165) is 38.5 Å². The molecule has 6 nitrogen and oxygen atoms in total. The summed E-state index contributed by atoms with van der Waals surface area (Å²) in [4.78, 5) is 36.7. The van der Waals surface area contributed by atoms with Crippen molar-refractivity contribution >= 4 is 11.8 Å². The largest absolute Gasteiger partial charge is 0.349 e. The average molecular weight is 402 g/mol. The van der Waals surface area contributed by atoms with Crippen LogP contribution in [0.3, 0.4) is 0 Å². The molecule has 4 rings (SSSR count). The van der Waals surface area contributed by atoms with E-state index in [2.05, 4.69) is 30.5 Å². The number of nitroso groups, excluding NO2 is 1. The van der Waals surface area contributed by atoms with Crippen LogP contribution in [0.2, 0.25) is 0 Å². The molecule has 3 fully saturated rings. The lowest BCUT2D eigenvalue weighted by Crippen LogP contribution is -2.59. The lowest BCUT2D eigenvalue weighted by molar-refractivity contribution is -0.148.